The third kappa shape index (κ3) is 2.39. The first-order chi connectivity index (χ1) is 9.56. The number of fused-ring (bicyclic) bond motifs is 1. The van der Waals surface area contributed by atoms with Gasteiger partial charge in [-0.05, 0) is 34.1 Å². The molecule has 0 fully saturated rings. The van der Waals surface area contributed by atoms with E-state index in [0.29, 0.717) is 21.2 Å². The van der Waals surface area contributed by atoms with Crippen molar-refractivity contribution in [3.8, 4) is 0 Å². The molecule has 0 saturated heterocycles. The number of para-hydroxylation sites is 1. The lowest BCUT2D eigenvalue weighted by molar-refractivity contribution is 0.598. The van der Waals surface area contributed by atoms with Crippen LogP contribution in [0.3, 0.4) is 0 Å². The monoisotopic (exact) mass is 352 g/mol. The molecule has 0 aliphatic heterocycles. The van der Waals surface area contributed by atoms with Gasteiger partial charge in [0.05, 0.1) is 5.39 Å². The molecule has 2 aromatic heterocycles. The quantitative estimate of drug-likeness (QED) is 0.757. The van der Waals surface area contributed by atoms with Crippen molar-refractivity contribution in [2.24, 2.45) is 0 Å². The van der Waals surface area contributed by atoms with E-state index in [0.717, 1.165) is 0 Å². The van der Waals surface area contributed by atoms with E-state index in [1.165, 1.54) is 0 Å². The predicted molar refractivity (Wildman–Crippen MR) is 78.8 cm³/mol. The zero-order valence-electron chi connectivity index (χ0n) is 10.0. The van der Waals surface area contributed by atoms with E-state index < -0.39 is 10.0 Å². The molecule has 3 rings (SSSR count). The molecular weight excluding hydrogens is 344 g/mol. The molecule has 0 aliphatic carbocycles. The van der Waals surface area contributed by atoms with Gasteiger partial charge in [0.15, 0.2) is 10.7 Å². The van der Waals surface area contributed by atoms with Crippen LogP contribution < -0.4 is 4.72 Å². The summed E-state index contributed by atoms with van der Waals surface area (Å²) in [5.74, 6) is 0. The second kappa shape index (κ2) is 4.88. The largest absolute Gasteiger partial charge is 0.279 e. The number of aromatic amines is 1. The summed E-state index contributed by atoms with van der Waals surface area (Å²) in [7, 11) is -3.74. The average Bonchev–Trinajstić information content (AvgIpc) is 2.83. The van der Waals surface area contributed by atoms with Crippen LogP contribution in [0, 0.1) is 0 Å². The van der Waals surface area contributed by atoms with Crippen molar-refractivity contribution < 1.29 is 8.42 Å². The van der Waals surface area contributed by atoms with Crippen LogP contribution in [-0.2, 0) is 10.0 Å². The van der Waals surface area contributed by atoms with E-state index in [9.17, 15) is 8.42 Å². The van der Waals surface area contributed by atoms with Gasteiger partial charge >= 0.3 is 0 Å². The molecule has 102 valence electrons. The molecule has 6 nitrogen and oxygen atoms in total. The van der Waals surface area contributed by atoms with Crippen molar-refractivity contribution in [1.29, 1.82) is 0 Å². The van der Waals surface area contributed by atoms with Gasteiger partial charge in [-0.15, -0.1) is 0 Å². The number of rotatable bonds is 3. The number of hydrogen-bond donors (Lipinski definition) is 2. The minimum absolute atomic E-state index is 0.00912. The highest BCUT2D eigenvalue weighted by atomic mass is 79.9. The molecule has 0 atom stereocenters. The molecule has 0 bridgehead atoms. The van der Waals surface area contributed by atoms with Gasteiger partial charge in [0.25, 0.3) is 10.0 Å². The van der Waals surface area contributed by atoms with E-state index >= 15 is 0 Å². The van der Waals surface area contributed by atoms with Gasteiger partial charge in [-0.25, -0.2) is 4.98 Å². The molecule has 0 radical (unpaired) electrons. The first-order valence-electron chi connectivity index (χ1n) is 5.64. The number of aromatic nitrogens is 3. The fraction of sp³-hybridized carbons (Fsp3) is 0. The number of sulfonamides is 1. The van der Waals surface area contributed by atoms with Crippen molar-refractivity contribution >= 4 is 42.7 Å². The molecule has 0 aliphatic rings. The Morgan fingerprint density at radius 2 is 1.95 bits per heavy atom. The summed E-state index contributed by atoms with van der Waals surface area (Å²) in [6, 6.07) is 10.3. The van der Waals surface area contributed by atoms with Gasteiger partial charge in [0, 0.05) is 16.4 Å². The Bertz CT molecular complexity index is 862. The lowest BCUT2D eigenvalue weighted by Gasteiger charge is -2.06. The van der Waals surface area contributed by atoms with E-state index in [1.807, 2.05) is 6.07 Å². The van der Waals surface area contributed by atoms with E-state index in [4.69, 9.17) is 0 Å². The summed E-state index contributed by atoms with van der Waals surface area (Å²) in [5.41, 5.74) is 0.833. The summed E-state index contributed by atoms with van der Waals surface area (Å²) in [6.45, 7) is 0. The number of benzene rings is 1. The molecule has 0 unspecified atom stereocenters. The molecule has 0 saturated carbocycles. The summed E-state index contributed by atoms with van der Waals surface area (Å²) in [5, 5.41) is 6.83. The Balaban J connectivity index is 2.08. The molecule has 0 spiro atoms. The lowest BCUT2D eigenvalue weighted by Crippen LogP contribution is -2.13. The minimum Gasteiger partial charge on any atom is -0.278 e. The zero-order valence-corrected chi connectivity index (χ0v) is 12.4. The van der Waals surface area contributed by atoms with E-state index in [1.54, 1.807) is 36.5 Å². The maximum absolute atomic E-state index is 12.4. The van der Waals surface area contributed by atoms with E-state index in [-0.39, 0.29) is 5.03 Å². The van der Waals surface area contributed by atoms with Crippen LogP contribution in [0.5, 0.6) is 0 Å². The number of H-pyrrole nitrogens is 1. The number of pyridine rings is 1. The predicted octanol–water partition coefficient (Wildman–Crippen LogP) is 2.52. The Labute approximate surface area is 123 Å². The minimum atomic E-state index is -3.74. The normalized spacial score (nSPS) is 11.7. The molecule has 8 heteroatoms. The first-order valence-corrected chi connectivity index (χ1v) is 7.91. The van der Waals surface area contributed by atoms with E-state index in [2.05, 4.69) is 35.8 Å². The SMILES string of the molecule is O=S(=O)(Nc1ccccc1)c1[nH]nc2ncc(Br)cc12. The van der Waals surface area contributed by atoms with Crippen molar-refractivity contribution in [3.63, 3.8) is 0 Å². The number of anilines is 1. The topological polar surface area (TPSA) is 87.7 Å². The Kier molecular flexibility index (Phi) is 3.19. The van der Waals surface area contributed by atoms with Gasteiger partial charge in [0.2, 0.25) is 0 Å². The summed E-state index contributed by atoms with van der Waals surface area (Å²) >= 11 is 3.27. The molecule has 3 aromatic rings. The highest BCUT2D eigenvalue weighted by Gasteiger charge is 2.21. The van der Waals surface area contributed by atoms with Crippen molar-refractivity contribution in [1.82, 2.24) is 15.2 Å². The summed E-state index contributed by atoms with van der Waals surface area (Å²) in [4.78, 5) is 4.04. The lowest BCUT2D eigenvalue weighted by atomic mass is 10.3. The van der Waals surface area contributed by atoms with Gasteiger partial charge in [0.1, 0.15) is 0 Å². The second-order valence-corrected chi connectivity index (χ2v) is 6.58. The molecule has 2 N–H and O–H groups in total. The Morgan fingerprint density at radius 1 is 1.20 bits per heavy atom. The Morgan fingerprint density at radius 3 is 2.70 bits per heavy atom. The summed E-state index contributed by atoms with van der Waals surface area (Å²) < 4.78 is 27.9. The fourth-order valence-corrected chi connectivity index (χ4v) is 3.25. The standard InChI is InChI=1S/C12H9BrN4O2S/c13-8-6-10-11(14-7-8)15-16-12(10)20(18,19)17-9-4-2-1-3-5-9/h1-7,17H,(H,14,15,16). The average molecular weight is 353 g/mol. The number of hydrogen-bond acceptors (Lipinski definition) is 4. The Hall–Kier alpha value is -1.93. The summed E-state index contributed by atoms with van der Waals surface area (Å²) in [6.07, 6.45) is 1.56. The van der Waals surface area contributed by atoms with Crippen LogP contribution in [0.25, 0.3) is 11.0 Å². The van der Waals surface area contributed by atoms with Crippen LogP contribution in [0.2, 0.25) is 0 Å². The highest BCUT2D eigenvalue weighted by Crippen LogP contribution is 2.23. The smallest absolute Gasteiger partial charge is 0.278 e. The highest BCUT2D eigenvalue weighted by molar-refractivity contribution is 9.10. The number of halogens is 1. The van der Waals surface area contributed by atoms with Crippen LogP contribution in [-0.4, -0.2) is 23.6 Å². The zero-order chi connectivity index (χ0) is 14.2. The third-order valence-electron chi connectivity index (χ3n) is 2.64. The fourth-order valence-electron chi connectivity index (χ4n) is 1.77. The molecule has 2 heterocycles. The van der Waals surface area contributed by atoms with Crippen LogP contribution in [0.15, 0.2) is 52.1 Å². The molecular formula is C12H9BrN4O2S. The van der Waals surface area contributed by atoms with Gasteiger partial charge in [-0.2, -0.15) is 13.5 Å². The second-order valence-electron chi connectivity index (χ2n) is 4.05. The van der Waals surface area contributed by atoms with Gasteiger partial charge in [-0.1, -0.05) is 18.2 Å². The van der Waals surface area contributed by atoms with Crippen molar-refractivity contribution in [2.75, 3.05) is 4.72 Å². The van der Waals surface area contributed by atoms with Crippen LogP contribution >= 0.6 is 15.9 Å². The third-order valence-corrected chi connectivity index (χ3v) is 4.42. The number of nitrogens with one attached hydrogen (secondary N) is 2. The molecule has 0 amide bonds. The molecule has 20 heavy (non-hydrogen) atoms. The number of nitrogens with zero attached hydrogens (tertiary/aromatic N) is 2. The maximum Gasteiger partial charge on any atom is 0.279 e. The van der Waals surface area contributed by atoms with Gasteiger partial charge in [-0.3, -0.25) is 9.82 Å². The van der Waals surface area contributed by atoms with Crippen LogP contribution in [0.4, 0.5) is 5.69 Å². The maximum atomic E-state index is 12.4. The van der Waals surface area contributed by atoms with Crippen LogP contribution in [0.1, 0.15) is 0 Å². The molecule has 1 aromatic carbocycles. The van der Waals surface area contributed by atoms with Crippen molar-refractivity contribution in [3.05, 3.63) is 47.1 Å². The van der Waals surface area contributed by atoms with Gasteiger partial charge < -0.3 is 0 Å². The first kappa shape index (κ1) is 13.1. The van der Waals surface area contributed by atoms with Crippen molar-refractivity contribution in [2.45, 2.75) is 5.03 Å².